The minimum Gasteiger partial charge on any atom is -1.00 e. The van der Waals surface area contributed by atoms with Crippen molar-refractivity contribution in [1.82, 2.24) is 0 Å². The molecule has 10 rings (SSSR count). The summed E-state index contributed by atoms with van der Waals surface area (Å²) in [7, 11) is 0. The van der Waals surface area contributed by atoms with E-state index in [9.17, 15) is 0 Å². The molecule has 8 aliphatic rings. The second-order valence-electron chi connectivity index (χ2n) is 19.0. The number of hydrogen-bond donors (Lipinski definition) is 0. The second-order valence-corrected chi connectivity index (χ2v) is 19.0. The molecule has 5 fully saturated rings. The van der Waals surface area contributed by atoms with Gasteiger partial charge in [0.2, 0.25) is 0 Å². The molecule has 0 nitrogen and oxygen atoms in total. The molecule has 4 bridgehead atoms. The van der Waals surface area contributed by atoms with E-state index in [1.165, 1.54) is 55.2 Å². The van der Waals surface area contributed by atoms with Crippen molar-refractivity contribution in [2.45, 2.75) is 126 Å². The van der Waals surface area contributed by atoms with Crippen molar-refractivity contribution in [2.75, 3.05) is 0 Å². The summed E-state index contributed by atoms with van der Waals surface area (Å²) < 4.78 is 0. The van der Waals surface area contributed by atoms with Gasteiger partial charge in [-0.15, -0.1) is 6.92 Å². The van der Waals surface area contributed by atoms with E-state index in [0.717, 1.165) is 30.1 Å². The summed E-state index contributed by atoms with van der Waals surface area (Å²) in [4.78, 5) is 0. The van der Waals surface area contributed by atoms with Crippen molar-refractivity contribution in [3.8, 4) is 0 Å². The van der Waals surface area contributed by atoms with Crippen LogP contribution in [0.5, 0.6) is 0 Å². The molecule has 0 saturated heterocycles. The van der Waals surface area contributed by atoms with Crippen LogP contribution in [0.15, 0.2) is 71.3 Å². The Labute approximate surface area is 331 Å². The molecule has 0 radical (unpaired) electrons. The predicted molar refractivity (Wildman–Crippen MR) is 195 cm³/mol. The summed E-state index contributed by atoms with van der Waals surface area (Å²) in [6.07, 6.45) is 16.1. The molecule has 2 aromatic rings. The first-order valence-corrected chi connectivity index (χ1v) is 18.9. The van der Waals surface area contributed by atoms with Gasteiger partial charge >= 0.3 is 26.2 Å². The molecule has 262 valence electrons. The summed E-state index contributed by atoms with van der Waals surface area (Å²) in [6.45, 7) is 25.1. The molecule has 2 atom stereocenters. The molecular weight excluding hydrogens is 715 g/mol. The van der Waals surface area contributed by atoms with Crippen LogP contribution in [0.1, 0.15) is 130 Å². The minimum atomic E-state index is 0. The van der Waals surface area contributed by atoms with Crippen LogP contribution in [0.3, 0.4) is 0 Å². The number of hydrogen-bond acceptors (Lipinski definition) is 0. The van der Waals surface area contributed by atoms with Crippen molar-refractivity contribution in [3.05, 3.63) is 99.5 Å². The zero-order chi connectivity index (χ0) is 32.6. The third-order valence-corrected chi connectivity index (χ3v) is 17.2. The van der Waals surface area contributed by atoms with Gasteiger partial charge in [-0.1, -0.05) is 133 Å². The Bertz CT molecular complexity index is 1650. The fourth-order valence-electron chi connectivity index (χ4n) is 13.1. The van der Waals surface area contributed by atoms with E-state index in [1.54, 1.807) is 40.2 Å². The number of allylic oxidation sites excluding steroid dienone is 6. The van der Waals surface area contributed by atoms with Gasteiger partial charge in [0.05, 0.1) is 0 Å². The molecule has 0 spiro atoms. The smallest absolute Gasteiger partial charge is 1.00 e. The third kappa shape index (κ3) is 5.10. The molecule has 5 saturated carbocycles. The standard InChI is InChI=1S/C29H37.C17H23.2ClH.Zr/c1-18-25-22-17-19-13-9-10-14-20(19)24(22)21-15-11-12-16-23(21)29(25,8)28(6,7)27(4,5)26(18,2)3;1-11-3-4-14(5-11)17(2)15-7-12-6-13(9-15)10-16(17)8-12;;;/h9-11,13-15,23H,12,16-17H2,1-8H3;3-5,12-13,15-16H,6-10H2,1-2H3;2*1H;/q2*-1;;;+4/p-2. The SMILES string of the molecule is C[C-]1C2=C3Cc4ccccc4C3=C3C=CCCC3C2(C)C(C)(C)C(C)(C)C1(C)C.Cc1cc(C2(C)C3CC4CC(C3)CC2C4)c[cH-]1.[Cl-].[Cl-].[Zr+4]. The Morgan fingerprint density at radius 2 is 1.43 bits per heavy atom. The fraction of sp³-hybridized carbons (Fsp3) is 0.609. The summed E-state index contributed by atoms with van der Waals surface area (Å²) in [5.41, 5.74) is 13.9. The Morgan fingerprint density at radius 3 is 2.02 bits per heavy atom. The first-order valence-electron chi connectivity index (χ1n) is 18.9. The molecule has 3 heteroatoms. The van der Waals surface area contributed by atoms with Gasteiger partial charge in [-0.05, 0) is 96.3 Å². The van der Waals surface area contributed by atoms with Crippen LogP contribution in [0.25, 0.3) is 5.57 Å². The average molecular weight is 775 g/mol. The second kappa shape index (κ2) is 12.9. The Morgan fingerprint density at radius 1 is 0.816 bits per heavy atom. The number of benzene rings is 1. The normalized spacial score (nSPS) is 36.2. The average Bonchev–Trinajstić information content (AvgIpc) is 3.63. The third-order valence-electron chi connectivity index (χ3n) is 17.2. The topological polar surface area (TPSA) is 0 Å². The van der Waals surface area contributed by atoms with Crippen LogP contribution in [0, 0.1) is 64.1 Å². The summed E-state index contributed by atoms with van der Waals surface area (Å²) in [5.74, 6) is 6.38. The number of aryl methyl sites for hydroxylation is 1. The van der Waals surface area contributed by atoms with Crippen molar-refractivity contribution >= 4 is 5.57 Å². The van der Waals surface area contributed by atoms with Crippen LogP contribution in [0.4, 0.5) is 0 Å². The Balaban J connectivity index is 0.000000201. The van der Waals surface area contributed by atoms with Crippen LogP contribution in [0.2, 0.25) is 0 Å². The molecule has 0 heterocycles. The monoisotopic (exact) mass is 772 g/mol. The maximum Gasteiger partial charge on any atom is 4.00 e. The minimum absolute atomic E-state index is 0. The van der Waals surface area contributed by atoms with Crippen LogP contribution in [-0.2, 0) is 38.0 Å². The molecular formula is C46H60Cl2Zr. The van der Waals surface area contributed by atoms with Gasteiger partial charge in [0, 0.05) is 0 Å². The van der Waals surface area contributed by atoms with Crippen LogP contribution >= 0.6 is 0 Å². The first-order chi connectivity index (χ1) is 21.6. The van der Waals surface area contributed by atoms with E-state index in [4.69, 9.17) is 0 Å². The molecule has 0 N–H and O–H groups in total. The zero-order valence-electron chi connectivity index (χ0n) is 32.0. The quantitative estimate of drug-likeness (QED) is 0.295. The largest absolute Gasteiger partial charge is 4.00 e. The summed E-state index contributed by atoms with van der Waals surface area (Å²) in [5, 5.41) is 0. The maximum atomic E-state index is 2.62. The van der Waals surface area contributed by atoms with E-state index in [0.29, 0.717) is 11.3 Å². The van der Waals surface area contributed by atoms with Crippen molar-refractivity contribution in [1.29, 1.82) is 0 Å². The first kappa shape index (κ1) is 39.3. The van der Waals surface area contributed by atoms with Gasteiger partial charge in [0.25, 0.3) is 0 Å². The van der Waals surface area contributed by atoms with Gasteiger partial charge in [0.1, 0.15) is 0 Å². The molecule has 2 unspecified atom stereocenters. The Kier molecular flexibility index (Phi) is 10.4. The van der Waals surface area contributed by atoms with Gasteiger partial charge in [-0.2, -0.15) is 34.4 Å². The fourth-order valence-corrected chi connectivity index (χ4v) is 13.1. The molecule has 0 aliphatic heterocycles. The van der Waals surface area contributed by atoms with E-state index in [2.05, 4.69) is 124 Å². The molecule has 2 aromatic carbocycles. The zero-order valence-corrected chi connectivity index (χ0v) is 36.0. The van der Waals surface area contributed by atoms with Gasteiger partial charge in [0.15, 0.2) is 0 Å². The van der Waals surface area contributed by atoms with Crippen LogP contribution in [-0.4, -0.2) is 0 Å². The van der Waals surface area contributed by atoms with Crippen molar-refractivity contribution in [3.63, 3.8) is 0 Å². The van der Waals surface area contributed by atoms with E-state index in [-0.39, 0.29) is 72.7 Å². The molecule has 49 heavy (non-hydrogen) atoms. The van der Waals surface area contributed by atoms with Gasteiger partial charge in [-0.25, -0.2) is 12.0 Å². The Hall–Kier alpha value is -0.877. The predicted octanol–water partition coefficient (Wildman–Crippen LogP) is 6.40. The van der Waals surface area contributed by atoms with E-state index < -0.39 is 0 Å². The van der Waals surface area contributed by atoms with E-state index >= 15 is 0 Å². The number of rotatable bonds is 1. The van der Waals surface area contributed by atoms with Crippen LogP contribution < -0.4 is 24.8 Å². The van der Waals surface area contributed by atoms with Gasteiger partial charge < -0.3 is 24.8 Å². The maximum absolute atomic E-state index is 2.62. The molecule has 0 amide bonds. The number of halogens is 2. The van der Waals surface area contributed by atoms with Crippen molar-refractivity contribution < 1.29 is 51.0 Å². The van der Waals surface area contributed by atoms with Gasteiger partial charge in [-0.3, -0.25) is 0 Å². The number of fused-ring (bicyclic) bond motifs is 6. The molecule has 0 aromatic heterocycles. The van der Waals surface area contributed by atoms with Crippen molar-refractivity contribution in [2.24, 2.45) is 51.2 Å². The van der Waals surface area contributed by atoms with E-state index in [1.807, 2.05) is 0 Å². The summed E-state index contributed by atoms with van der Waals surface area (Å²) in [6, 6.07) is 16.3. The summed E-state index contributed by atoms with van der Waals surface area (Å²) >= 11 is 0. The molecule has 8 aliphatic carbocycles.